The molecule has 0 aliphatic heterocycles. The number of aliphatic hydroxyl groups is 1. The second-order valence-corrected chi connectivity index (χ2v) is 4.01. The lowest BCUT2D eigenvalue weighted by Gasteiger charge is -2.01. The van der Waals surface area contributed by atoms with Crippen LogP contribution in [-0.4, -0.2) is 11.2 Å². The predicted molar refractivity (Wildman–Crippen MR) is 57.9 cm³/mol. The second-order valence-electron chi connectivity index (χ2n) is 2.76. The van der Waals surface area contributed by atoms with Crippen molar-refractivity contribution in [3.63, 3.8) is 0 Å². The Bertz CT molecular complexity index is 119. The molecule has 0 aliphatic carbocycles. The van der Waals surface area contributed by atoms with Crippen LogP contribution in [-0.2, 0) is 0 Å². The number of hydrogen-bond acceptors (Lipinski definition) is 1. The Labute approximate surface area is 83.0 Å². The summed E-state index contributed by atoms with van der Waals surface area (Å²) in [5.41, 5.74) is 0. The molecule has 0 spiro atoms. The molecule has 0 aromatic heterocycles. The summed E-state index contributed by atoms with van der Waals surface area (Å²) >= 11 is 2.19. The smallest absolute Gasteiger partial charge is 0.0815 e. The monoisotopic (exact) mass is 268 g/mol. The van der Waals surface area contributed by atoms with Crippen molar-refractivity contribution in [3.05, 3.63) is 9.66 Å². The molecular formula is C9H17IO. The van der Waals surface area contributed by atoms with Crippen molar-refractivity contribution in [1.29, 1.82) is 0 Å². The summed E-state index contributed by atoms with van der Waals surface area (Å²) in [6.07, 6.45) is 6.75. The Morgan fingerprint density at radius 1 is 1.55 bits per heavy atom. The lowest BCUT2D eigenvalue weighted by molar-refractivity contribution is 0.242. The lowest BCUT2D eigenvalue weighted by atomic mass is 10.2. The van der Waals surface area contributed by atoms with Crippen molar-refractivity contribution >= 4 is 22.6 Å². The summed E-state index contributed by atoms with van der Waals surface area (Å²) in [5.74, 6) is 0. The third kappa shape index (κ3) is 6.81. The molecule has 1 nitrogen and oxygen atoms in total. The van der Waals surface area contributed by atoms with Gasteiger partial charge in [0.1, 0.15) is 0 Å². The van der Waals surface area contributed by atoms with Gasteiger partial charge in [-0.15, -0.1) is 0 Å². The fourth-order valence-electron chi connectivity index (χ4n) is 0.805. The van der Waals surface area contributed by atoms with Gasteiger partial charge in [-0.25, -0.2) is 0 Å². The van der Waals surface area contributed by atoms with Crippen molar-refractivity contribution in [2.45, 2.75) is 45.6 Å². The van der Waals surface area contributed by atoms with E-state index in [-0.39, 0.29) is 6.10 Å². The number of rotatable bonds is 5. The van der Waals surface area contributed by atoms with Crippen LogP contribution < -0.4 is 0 Å². The summed E-state index contributed by atoms with van der Waals surface area (Å²) < 4.78 is 1.07. The van der Waals surface area contributed by atoms with Crippen molar-refractivity contribution in [2.24, 2.45) is 0 Å². The first-order chi connectivity index (χ1) is 5.18. The summed E-state index contributed by atoms with van der Waals surface area (Å²) in [6.45, 7) is 4.00. The van der Waals surface area contributed by atoms with Crippen molar-refractivity contribution in [3.8, 4) is 0 Å². The van der Waals surface area contributed by atoms with E-state index in [1.54, 1.807) is 6.92 Å². The zero-order chi connectivity index (χ0) is 8.69. The SMILES string of the molecule is CCCCC/C=C(\I)[C@@H](C)O. The highest BCUT2D eigenvalue weighted by molar-refractivity contribution is 14.1. The van der Waals surface area contributed by atoms with E-state index in [9.17, 15) is 0 Å². The van der Waals surface area contributed by atoms with Crippen LogP contribution in [0.5, 0.6) is 0 Å². The fraction of sp³-hybridized carbons (Fsp3) is 0.778. The molecule has 2 heteroatoms. The Morgan fingerprint density at radius 2 is 2.18 bits per heavy atom. The molecule has 0 saturated carbocycles. The molecule has 0 heterocycles. The van der Waals surface area contributed by atoms with Gasteiger partial charge >= 0.3 is 0 Å². The minimum Gasteiger partial charge on any atom is -0.388 e. The summed E-state index contributed by atoms with van der Waals surface area (Å²) in [5, 5.41) is 9.10. The highest BCUT2D eigenvalue weighted by Crippen LogP contribution is 2.13. The molecule has 1 atom stereocenters. The van der Waals surface area contributed by atoms with Crippen molar-refractivity contribution < 1.29 is 5.11 Å². The normalized spacial score (nSPS) is 15.1. The van der Waals surface area contributed by atoms with Crippen molar-refractivity contribution in [1.82, 2.24) is 0 Å². The van der Waals surface area contributed by atoms with E-state index >= 15 is 0 Å². The zero-order valence-electron chi connectivity index (χ0n) is 7.31. The van der Waals surface area contributed by atoms with E-state index < -0.39 is 0 Å². The highest BCUT2D eigenvalue weighted by Gasteiger charge is 1.97. The van der Waals surface area contributed by atoms with Gasteiger partial charge in [-0.05, 0) is 42.4 Å². The number of halogens is 1. The summed E-state index contributed by atoms with van der Waals surface area (Å²) in [6, 6.07) is 0. The molecular weight excluding hydrogens is 251 g/mol. The maximum Gasteiger partial charge on any atom is 0.0815 e. The molecule has 0 aliphatic rings. The molecule has 0 rings (SSSR count). The quantitative estimate of drug-likeness (QED) is 0.599. The van der Waals surface area contributed by atoms with E-state index in [2.05, 4.69) is 35.6 Å². The third-order valence-corrected chi connectivity index (χ3v) is 2.89. The number of aliphatic hydroxyl groups excluding tert-OH is 1. The topological polar surface area (TPSA) is 20.2 Å². The van der Waals surface area contributed by atoms with Gasteiger partial charge in [-0.2, -0.15) is 0 Å². The van der Waals surface area contributed by atoms with Gasteiger partial charge in [0.15, 0.2) is 0 Å². The zero-order valence-corrected chi connectivity index (χ0v) is 9.47. The number of unbranched alkanes of at least 4 members (excludes halogenated alkanes) is 3. The van der Waals surface area contributed by atoms with Gasteiger partial charge < -0.3 is 5.11 Å². The maximum atomic E-state index is 9.10. The maximum absolute atomic E-state index is 9.10. The van der Waals surface area contributed by atoms with Crippen LogP contribution in [0.4, 0.5) is 0 Å². The van der Waals surface area contributed by atoms with E-state index in [1.165, 1.54) is 19.3 Å². The van der Waals surface area contributed by atoms with Gasteiger partial charge in [0.2, 0.25) is 0 Å². The van der Waals surface area contributed by atoms with E-state index in [1.807, 2.05) is 0 Å². The number of allylic oxidation sites excluding steroid dienone is 1. The van der Waals surface area contributed by atoms with Crippen LogP contribution in [0.15, 0.2) is 9.66 Å². The third-order valence-electron chi connectivity index (χ3n) is 1.55. The predicted octanol–water partition coefficient (Wildman–Crippen LogP) is 3.27. The minimum atomic E-state index is -0.280. The molecule has 0 amide bonds. The first-order valence-electron chi connectivity index (χ1n) is 4.22. The van der Waals surface area contributed by atoms with Gasteiger partial charge in [0, 0.05) is 3.58 Å². The standard InChI is InChI=1S/C9H17IO/c1-3-4-5-6-7-9(10)8(2)11/h7-8,11H,3-6H2,1-2H3/b9-7-/t8-/m1/s1. The Kier molecular flexibility index (Phi) is 7.38. The summed E-state index contributed by atoms with van der Waals surface area (Å²) in [4.78, 5) is 0. The van der Waals surface area contributed by atoms with Crippen LogP contribution in [0, 0.1) is 0 Å². The molecule has 0 fully saturated rings. The van der Waals surface area contributed by atoms with Crippen LogP contribution in [0.2, 0.25) is 0 Å². The fourth-order valence-corrected chi connectivity index (χ4v) is 1.12. The molecule has 66 valence electrons. The Hall–Kier alpha value is 0.430. The van der Waals surface area contributed by atoms with E-state index in [0.717, 1.165) is 10.0 Å². The largest absolute Gasteiger partial charge is 0.388 e. The highest BCUT2D eigenvalue weighted by atomic mass is 127. The van der Waals surface area contributed by atoms with Crippen LogP contribution in [0.25, 0.3) is 0 Å². The first kappa shape index (κ1) is 11.4. The van der Waals surface area contributed by atoms with E-state index in [4.69, 9.17) is 5.11 Å². The molecule has 0 bridgehead atoms. The molecule has 0 radical (unpaired) electrons. The van der Waals surface area contributed by atoms with Gasteiger partial charge in [-0.3, -0.25) is 0 Å². The molecule has 0 aromatic rings. The average Bonchev–Trinajstić information content (AvgIpc) is 1.97. The second kappa shape index (κ2) is 7.10. The van der Waals surface area contributed by atoms with Gasteiger partial charge in [0.05, 0.1) is 6.10 Å². The minimum absolute atomic E-state index is 0.280. The van der Waals surface area contributed by atoms with Gasteiger partial charge in [0.25, 0.3) is 0 Å². The molecule has 0 aromatic carbocycles. The first-order valence-corrected chi connectivity index (χ1v) is 5.30. The van der Waals surface area contributed by atoms with Crippen LogP contribution >= 0.6 is 22.6 Å². The van der Waals surface area contributed by atoms with Crippen LogP contribution in [0.1, 0.15) is 39.5 Å². The summed E-state index contributed by atoms with van der Waals surface area (Å²) in [7, 11) is 0. The van der Waals surface area contributed by atoms with E-state index in [0.29, 0.717) is 0 Å². The lowest BCUT2D eigenvalue weighted by Crippen LogP contribution is -1.97. The Morgan fingerprint density at radius 3 is 2.64 bits per heavy atom. The molecule has 11 heavy (non-hydrogen) atoms. The Balaban J connectivity index is 3.40. The van der Waals surface area contributed by atoms with Crippen molar-refractivity contribution in [2.75, 3.05) is 0 Å². The molecule has 0 saturated heterocycles. The average molecular weight is 268 g/mol. The number of hydrogen-bond donors (Lipinski definition) is 1. The van der Waals surface area contributed by atoms with Gasteiger partial charge in [-0.1, -0.05) is 25.8 Å². The van der Waals surface area contributed by atoms with Crippen LogP contribution in [0.3, 0.4) is 0 Å². The molecule has 0 unspecified atom stereocenters. The molecule has 1 N–H and O–H groups in total.